The van der Waals surface area contributed by atoms with Crippen LogP contribution in [0.5, 0.6) is 0 Å². The van der Waals surface area contributed by atoms with Crippen LogP contribution in [0.3, 0.4) is 0 Å². The lowest BCUT2D eigenvalue weighted by molar-refractivity contribution is 0.313. The van der Waals surface area contributed by atoms with Gasteiger partial charge in [0, 0.05) is 36.1 Å². The molecule has 3 rings (SSSR count). The predicted octanol–water partition coefficient (Wildman–Crippen LogP) is 2.22. The number of aromatic nitrogens is 1. The molecule has 0 radical (unpaired) electrons. The molecule has 0 saturated carbocycles. The Morgan fingerprint density at radius 1 is 1.47 bits per heavy atom. The Morgan fingerprint density at radius 2 is 2.35 bits per heavy atom. The van der Waals surface area contributed by atoms with Crippen molar-refractivity contribution in [1.82, 2.24) is 9.88 Å². The number of likely N-dealkylation sites (N-methyl/N-ethyl adjacent to an activating group) is 1. The van der Waals surface area contributed by atoms with Gasteiger partial charge in [-0.2, -0.15) is 5.26 Å². The van der Waals surface area contributed by atoms with Crippen LogP contribution in [-0.4, -0.2) is 23.5 Å². The van der Waals surface area contributed by atoms with Crippen LogP contribution >= 0.6 is 0 Å². The van der Waals surface area contributed by atoms with Crippen molar-refractivity contribution in [2.75, 3.05) is 13.6 Å². The summed E-state index contributed by atoms with van der Waals surface area (Å²) < 4.78 is 0. The quantitative estimate of drug-likeness (QED) is 0.808. The van der Waals surface area contributed by atoms with E-state index in [2.05, 4.69) is 35.1 Å². The molecular weight excluding hydrogens is 210 g/mol. The van der Waals surface area contributed by atoms with Crippen LogP contribution in [0.4, 0.5) is 0 Å². The molecule has 0 saturated heterocycles. The maximum Gasteiger partial charge on any atom is 0.0669 e. The van der Waals surface area contributed by atoms with Crippen LogP contribution in [0.25, 0.3) is 10.9 Å². The van der Waals surface area contributed by atoms with Gasteiger partial charge in [-0.15, -0.1) is 0 Å². The minimum Gasteiger partial charge on any atom is -0.358 e. The van der Waals surface area contributed by atoms with Gasteiger partial charge in [0.2, 0.25) is 0 Å². The van der Waals surface area contributed by atoms with Gasteiger partial charge in [-0.1, -0.05) is 6.07 Å². The lowest BCUT2D eigenvalue weighted by atomic mass is 10.0. The van der Waals surface area contributed by atoms with Gasteiger partial charge in [0.1, 0.15) is 0 Å². The summed E-state index contributed by atoms with van der Waals surface area (Å²) in [6, 6.07) is 8.51. The third-order valence-corrected chi connectivity index (χ3v) is 3.51. The Kier molecular flexibility index (Phi) is 2.38. The molecule has 0 amide bonds. The fourth-order valence-corrected chi connectivity index (χ4v) is 2.60. The van der Waals surface area contributed by atoms with Gasteiger partial charge in [-0.25, -0.2) is 0 Å². The third-order valence-electron chi connectivity index (χ3n) is 3.51. The normalized spacial score (nSPS) is 15.8. The molecule has 1 N–H and O–H groups in total. The van der Waals surface area contributed by atoms with E-state index >= 15 is 0 Å². The number of benzene rings is 1. The van der Waals surface area contributed by atoms with Crippen molar-refractivity contribution in [2.45, 2.75) is 19.4 Å². The number of nitrogens with zero attached hydrogens (tertiary/aromatic N) is 2. The molecule has 0 aliphatic carbocycles. The highest BCUT2D eigenvalue weighted by atomic mass is 15.1. The molecule has 3 heteroatoms. The molecule has 0 fully saturated rings. The second-order valence-electron chi connectivity index (χ2n) is 4.78. The zero-order chi connectivity index (χ0) is 11.8. The lowest BCUT2D eigenvalue weighted by Crippen LogP contribution is -2.26. The van der Waals surface area contributed by atoms with E-state index in [0.717, 1.165) is 25.1 Å². The SMILES string of the molecule is CN1CCc2[nH]c3ccc(CC#N)cc3c2C1. The lowest BCUT2D eigenvalue weighted by Gasteiger charge is -2.22. The number of rotatable bonds is 1. The number of aromatic amines is 1. The number of nitriles is 1. The highest BCUT2D eigenvalue weighted by Crippen LogP contribution is 2.28. The van der Waals surface area contributed by atoms with Crippen LogP contribution < -0.4 is 0 Å². The number of H-pyrrole nitrogens is 1. The van der Waals surface area contributed by atoms with E-state index in [1.807, 2.05) is 6.07 Å². The van der Waals surface area contributed by atoms with Crippen molar-refractivity contribution in [2.24, 2.45) is 0 Å². The molecule has 0 spiro atoms. The number of hydrogen-bond acceptors (Lipinski definition) is 2. The number of nitrogens with one attached hydrogen (secondary N) is 1. The topological polar surface area (TPSA) is 42.8 Å². The molecule has 2 aromatic rings. The molecule has 3 nitrogen and oxygen atoms in total. The van der Waals surface area contributed by atoms with Crippen molar-refractivity contribution >= 4 is 10.9 Å². The van der Waals surface area contributed by atoms with E-state index in [9.17, 15) is 0 Å². The molecule has 1 aromatic carbocycles. The Morgan fingerprint density at radius 3 is 3.18 bits per heavy atom. The van der Waals surface area contributed by atoms with Crippen molar-refractivity contribution in [1.29, 1.82) is 5.26 Å². The molecule has 86 valence electrons. The summed E-state index contributed by atoms with van der Waals surface area (Å²) in [6.45, 7) is 2.12. The molecular formula is C14H15N3. The average Bonchev–Trinajstić information content (AvgIpc) is 2.67. The Labute approximate surface area is 101 Å². The number of hydrogen-bond donors (Lipinski definition) is 1. The summed E-state index contributed by atoms with van der Waals surface area (Å²) >= 11 is 0. The van der Waals surface area contributed by atoms with Gasteiger partial charge in [0.15, 0.2) is 0 Å². The molecule has 2 heterocycles. The maximum atomic E-state index is 8.76. The minimum absolute atomic E-state index is 0.492. The van der Waals surface area contributed by atoms with Crippen molar-refractivity contribution in [3.05, 3.63) is 35.0 Å². The van der Waals surface area contributed by atoms with Crippen molar-refractivity contribution in [3.63, 3.8) is 0 Å². The van der Waals surface area contributed by atoms with Crippen molar-refractivity contribution < 1.29 is 0 Å². The second kappa shape index (κ2) is 3.90. The summed E-state index contributed by atoms with van der Waals surface area (Å²) in [7, 11) is 2.15. The summed E-state index contributed by atoms with van der Waals surface area (Å²) in [5, 5.41) is 10.0. The fraction of sp³-hybridized carbons (Fsp3) is 0.357. The van der Waals surface area contributed by atoms with Crippen molar-refractivity contribution in [3.8, 4) is 6.07 Å². The van der Waals surface area contributed by atoms with Gasteiger partial charge >= 0.3 is 0 Å². The monoisotopic (exact) mass is 225 g/mol. The smallest absolute Gasteiger partial charge is 0.0669 e. The number of fused-ring (bicyclic) bond motifs is 3. The maximum absolute atomic E-state index is 8.76. The van der Waals surface area contributed by atoms with Gasteiger partial charge in [-0.05, 0) is 30.3 Å². The molecule has 1 aliphatic rings. The van der Waals surface area contributed by atoms with Gasteiger partial charge in [0.05, 0.1) is 12.5 Å². The first-order valence-corrected chi connectivity index (χ1v) is 5.96. The van der Waals surface area contributed by atoms with Gasteiger partial charge < -0.3 is 9.88 Å². The standard InChI is InChI=1S/C14H15N3/c1-17-7-5-14-12(9-17)11-8-10(4-6-15)2-3-13(11)16-14/h2-3,8,16H,4-5,7,9H2,1H3. The zero-order valence-corrected chi connectivity index (χ0v) is 9.95. The molecule has 0 unspecified atom stereocenters. The summed E-state index contributed by atoms with van der Waals surface area (Å²) in [6.07, 6.45) is 1.58. The van der Waals surface area contributed by atoms with Crippen LogP contribution in [0.15, 0.2) is 18.2 Å². The van der Waals surface area contributed by atoms with E-state index < -0.39 is 0 Å². The van der Waals surface area contributed by atoms with Crippen LogP contribution in [0, 0.1) is 11.3 Å². The first-order chi connectivity index (χ1) is 8.28. The Balaban J connectivity index is 2.15. The molecule has 0 bridgehead atoms. The first-order valence-electron chi connectivity index (χ1n) is 5.96. The largest absolute Gasteiger partial charge is 0.358 e. The van der Waals surface area contributed by atoms with E-state index in [1.165, 1.54) is 22.2 Å². The van der Waals surface area contributed by atoms with E-state index in [-0.39, 0.29) is 0 Å². The summed E-state index contributed by atoms with van der Waals surface area (Å²) in [4.78, 5) is 5.84. The molecule has 1 aliphatic heterocycles. The predicted molar refractivity (Wildman–Crippen MR) is 67.7 cm³/mol. The first kappa shape index (κ1) is 10.4. The highest BCUT2D eigenvalue weighted by molar-refractivity contribution is 5.85. The van der Waals surface area contributed by atoms with E-state index in [0.29, 0.717) is 6.42 Å². The molecule has 0 atom stereocenters. The van der Waals surface area contributed by atoms with Gasteiger partial charge in [0.25, 0.3) is 0 Å². The molecule has 17 heavy (non-hydrogen) atoms. The second-order valence-corrected chi connectivity index (χ2v) is 4.78. The summed E-state index contributed by atoms with van der Waals surface area (Å²) in [5.41, 5.74) is 5.09. The average molecular weight is 225 g/mol. The van der Waals surface area contributed by atoms with Gasteiger partial charge in [-0.3, -0.25) is 0 Å². The Bertz CT molecular complexity index is 604. The molecule has 1 aromatic heterocycles. The highest BCUT2D eigenvalue weighted by Gasteiger charge is 2.18. The fourth-order valence-electron chi connectivity index (χ4n) is 2.60. The van der Waals surface area contributed by atoms with Crippen LogP contribution in [-0.2, 0) is 19.4 Å². The van der Waals surface area contributed by atoms with Crippen LogP contribution in [0.2, 0.25) is 0 Å². The van der Waals surface area contributed by atoms with E-state index in [4.69, 9.17) is 5.26 Å². The Hall–Kier alpha value is -1.79. The third kappa shape index (κ3) is 1.71. The summed E-state index contributed by atoms with van der Waals surface area (Å²) in [5.74, 6) is 0. The zero-order valence-electron chi connectivity index (χ0n) is 9.95. The minimum atomic E-state index is 0.492. The van der Waals surface area contributed by atoms with Crippen LogP contribution in [0.1, 0.15) is 16.8 Å². The van der Waals surface area contributed by atoms with E-state index in [1.54, 1.807) is 0 Å².